The van der Waals surface area contributed by atoms with Crippen LogP contribution in [0.5, 0.6) is 0 Å². The number of hydrogen-bond acceptors (Lipinski definition) is 2. The summed E-state index contributed by atoms with van der Waals surface area (Å²) in [7, 11) is 0. The Morgan fingerprint density at radius 2 is 1.74 bits per heavy atom. The minimum Gasteiger partial charge on any atom is -0.339 e. The lowest BCUT2D eigenvalue weighted by molar-refractivity contribution is -0.134. The highest BCUT2D eigenvalue weighted by atomic mass is 16.2. The van der Waals surface area contributed by atoms with E-state index < -0.39 is 0 Å². The number of rotatable bonds is 3. The average Bonchev–Trinajstić information content (AvgIpc) is 3.10. The molecule has 3 aliphatic rings. The van der Waals surface area contributed by atoms with Crippen molar-refractivity contribution in [3.63, 3.8) is 0 Å². The first kappa shape index (κ1) is 13.4. The molecule has 1 atom stereocenters. The first-order valence-electron chi connectivity index (χ1n) is 8.35. The van der Waals surface area contributed by atoms with Crippen molar-refractivity contribution in [2.45, 2.75) is 63.8 Å². The number of amides is 1. The molecule has 0 bridgehead atoms. The van der Waals surface area contributed by atoms with E-state index in [0.717, 1.165) is 32.0 Å². The van der Waals surface area contributed by atoms with E-state index in [1.54, 1.807) is 0 Å². The van der Waals surface area contributed by atoms with Gasteiger partial charge in [0.05, 0.1) is 0 Å². The van der Waals surface area contributed by atoms with Crippen molar-refractivity contribution < 1.29 is 4.79 Å². The number of carbonyl (C=O) groups is 1. The molecule has 1 amide bonds. The van der Waals surface area contributed by atoms with E-state index in [2.05, 4.69) is 10.2 Å². The molecule has 1 saturated carbocycles. The van der Waals surface area contributed by atoms with Crippen LogP contribution in [0.4, 0.5) is 0 Å². The maximum Gasteiger partial charge on any atom is 0.223 e. The van der Waals surface area contributed by atoms with Gasteiger partial charge in [0.25, 0.3) is 0 Å². The van der Waals surface area contributed by atoms with Gasteiger partial charge in [-0.25, -0.2) is 0 Å². The third-order valence-electron chi connectivity index (χ3n) is 5.49. The molecule has 3 rings (SSSR count). The van der Waals surface area contributed by atoms with Crippen LogP contribution in [0.25, 0.3) is 0 Å². The van der Waals surface area contributed by atoms with E-state index in [0.29, 0.717) is 17.9 Å². The van der Waals surface area contributed by atoms with E-state index in [4.69, 9.17) is 0 Å². The lowest BCUT2D eigenvalue weighted by atomic mass is 9.92. The second kappa shape index (κ2) is 6.25. The highest BCUT2D eigenvalue weighted by molar-refractivity contribution is 5.77. The third kappa shape index (κ3) is 3.13. The summed E-state index contributed by atoms with van der Waals surface area (Å²) in [6, 6.07) is 0.594. The van der Waals surface area contributed by atoms with Gasteiger partial charge in [-0.3, -0.25) is 4.79 Å². The number of piperidine rings is 1. The smallest absolute Gasteiger partial charge is 0.223 e. The van der Waals surface area contributed by atoms with Crippen molar-refractivity contribution in [1.29, 1.82) is 0 Å². The average molecular weight is 264 g/mol. The highest BCUT2D eigenvalue weighted by Gasteiger charge is 2.36. The van der Waals surface area contributed by atoms with Crippen molar-refractivity contribution in [3.8, 4) is 0 Å². The summed E-state index contributed by atoms with van der Waals surface area (Å²) in [6.45, 7) is 3.24. The molecule has 0 aromatic rings. The van der Waals surface area contributed by atoms with Crippen LogP contribution in [0.15, 0.2) is 0 Å². The van der Waals surface area contributed by atoms with Gasteiger partial charge in [0.15, 0.2) is 0 Å². The molecule has 108 valence electrons. The van der Waals surface area contributed by atoms with E-state index in [-0.39, 0.29) is 0 Å². The number of carbonyl (C=O) groups excluding carboxylic acids is 1. The molecule has 2 saturated heterocycles. The Kier molecular flexibility index (Phi) is 4.42. The molecule has 3 heteroatoms. The quantitative estimate of drug-likeness (QED) is 0.849. The minimum atomic E-state index is 0.460. The SMILES string of the molecule is O=C(CC1CCNCC1)N1CCCC1C1CCCC1. The Balaban J connectivity index is 1.55. The van der Waals surface area contributed by atoms with Crippen molar-refractivity contribution in [2.75, 3.05) is 19.6 Å². The zero-order chi connectivity index (χ0) is 13.1. The van der Waals surface area contributed by atoms with Crippen LogP contribution < -0.4 is 5.32 Å². The fraction of sp³-hybridized carbons (Fsp3) is 0.938. The predicted octanol–water partition coefficient (Wildman–Crippen LogP) is 2.56. The monoisotopic (exact) mass is 264 g/mol. The maximum atomic E-state index is 12.6. The summed E-state index contributed by atoms with van der Waals surface area (Å²) < 4.78 is 0. The highest BCUT2D eigenvalue weighted by Crippen LogP contribution is 2.36. The Labute approximate surface area is 117 Å². The zero-order valence-corrected chi connectivity index (χ0v) is 12.1. The van der Waals surface area contributed by atoms with Crippen LogP contribution in [-0.4, -0.2) is 36.5 Å². The van der Waals surface area contributed by atoms with Crippen LogP contribution in [0, 0.1) is 11.8 Å². The minimum absolute atomic E-state index is 0.460. The fourth-order valence-electron chi connectivity index (χ4n) is 4.38. The van der Waals surface area contributed by atoms with Crippen LogP contribution in [0.3, 0.4) is 0 Å². The number of hydrogen-bond donors (Lipinski definition) is 1. The van der Waals surface area contributed by atoms with Gasteiger partial charge in [-0.1, -0.05) is 12.8 Å². The topological polar surface area (TPSA) is 32.3 Å². The summed E-state index contributed by atoms with van der Waals surface area (Å²) in [5.41, 5.74) is 0. The second-order valence-corrected chi connectivity index (χ2v) is 6.74. The molecule has 2 heterocycles. The summed E-state index contributed by atoms with van der Waals surface area (Å²) in [4.78, 5) is 14.8. The van der Waals surface area contributed by atoms with Gasteiger partial charge < -0.3 is 10.2 Å². The van der Waals surface area contributed by atoms with E-state index in [9.17, 15) is 4.79 Å². The lowest BCUT2D eigenvalue weighted by Crippen LogP contribution is -2.41. The maximum absolute atomic E-state index is 12.6. The summed E-state index contributed by atoms with van der Waals surface area (Å²) in [5, 5.41) is 3.39. The fourth-order valence-corrected chi connectivity index (χ4v) is 4.38. The number of likely N-dealkylation sites (tertiary alicyclic amines) is 1. The van der Waals surface area contributed by atoms with Gasteiger partial charge in [0.1, 0.15) is 0 Å². The van der Waals surface area contributed by atoms with Crippen molar-refractivity contribution in [1.82, 2.24) is 10.2 Å². The van der Waals surface area contributed by atoms with Crippen molar-refractivity contribution in [3.05, 3.63) is 0 Å². The molecule has 19 heavy (non-hydrogen) atoms. The Morgan fingerprint density at radius 3 is 2.47 bits per heavy atom. The first-order chi connectivity index (χ1) is 9.34. The van der Waals surface area contributed by atoms with Crippen LogP contribution in [0.2, 0.25) is 0 Å². The van der Waals surface area contributed by atoms with E-state index in [1.165, 1.54) is 51.4 Å². The summed E-state index contributed by atoms with van der Waals surface area (Å²) in [5.74, 6) is 1.92. The summed E-state index contributed by atoms with van der Waals surface area (Å²) >= 11 is 0. The molecular weight excluding hydrogens is 236 g/mol. The molecule has 0 radical (unpaired) electrons. The largest absolute Gasteiger partial charge is 0.339 e. The number of nitrogens with one attached hydrogen (secondary N) is 1. The first-order valence-corrected chi connectivity index (χ1v) is 8.35. The molecule has 0 spiro atoms. The standard InChI is InChI=1S/C16H28N2O/c19-16(12-13-7-9-17-10-8-13)18-11-3-6-15(18)14-4-1-2-5-14/h13-15,17H,1-12H2. The van der Waals surface area contributed by atoms with Gasteiger partial charge in [-0.05, 0) is 63.5 Å². The van der Waals surface area contributed by atoms with Gasteiger partial charge in [-0.15, -0.1) is 0 Å². The van der Waals surface area contributed by atoms with Gasteiger partial charge in [-0.2, -0.15) is 0 Å². The van der Waals surface area contributed by atoms with E-state index in [1.807, 2.05) is 0 Å². The molecule has 0 aromatic carbocycles. The third-order valence-corrected chi connectivity index (χ3v) is 5.49. The molecular formula is C16H28N2O. The molecule has 2 aliphatic heterocycles. The Hall–Kier alpha value is -0.570. The molecule has 1 unspecified atom stereocenters. The lowest BCUT2D eigenvalue weighted by Gasteiger charge is -2.31. The number of nitrogens with zero attached hydrogens (tertiary/aromatic N) is 1. The van der Waals surface area contributed by atoms with Gasteiger partial charge in [0.2, 0.25) is 5.91 Å². The van der Waals surface area contributed by atoms with Gasteiger partial charge >= 0.3 is 0 Å². The van der Waals surface area contributed by atoms with Crippen LogP contribution >= 0.6 is 0 Å². The van der Waals surface area contributed by atoms with Crippen LogP contribution in [0.1, 0.15) is 57.8 Å². The van der Waals surface area contributed by atoms with Crippen molar-refractivity contribution in [2.24, 2.45) is 11.8 Å². The molecule has 3 nitrogen and oxygen atoms in total. The van der Waals surface area contributed by atoms with Crippen LogP contribution in [-0.2, 0) is 4.79 Å². The zero-order valence-electron chi connectivity index (χ0n) is 12.1. The Bertz CT molecular complexity index is 306. The molecule has 1 aliphatic carbocycles. The molecule has 3 fully saturated rings. The molecule has 1 N–H and O–H groups in total. The van der Waals surface area contributed by atoms with E-state index >= 15 is 0 Å². The predicted molar refractivity (Wildman–Crippen MR) is 76.9 cm³/mol. The Morgan fingerprint density at radius 1 is 1.00 bits per heavy atom. The van der Waals surface area contributed by atoms with Crippen molar-refractivity contribution >= 4 is 5.91 Å². The van der Waals surface area contributed by atoms with Gasteiger partial charge in [0, 0.05) is 19.0 Å². The summed E-state index contributed by atoms with van der Waals surface area (Å²) in [6.07, 6.45) is 11.2. The second-order valence-electron chi connectivity index (χ2n) is 6.74. The normalized spacial score (nSPS) is 30.1. The molecule has 0 aromatic heterocycles.